The van der Waals surface area contributed by atoms with Crippen LogP contribution in [0.3, 0.4) is 0 Å². The van der Waals surface area contributed by atoms with Crippen LogP contribution in [0.25, 0.3) is 0 Å². The lowest BCUT2D eigenvalue weighted by Gasteiger charge is -2.33. The molecule has 1 aliphatic carbocycles. The summed E-state index contributed by atoms with van der Waals surface area (Å²) < 4.78 is 27.4. The predicted octanol–water partition coefficient (Wildman–Crippen LogP) is 1.08. The molecule has 7 heteroatoms. The largest absolute Gasteiger partial charge is 0.356 e. The number of hydrogen-bond acceptors (Lipinski definition) is 3. The Bertz CT molecular complexity index is 494. The van der Waals surface area contributed by atoms with Gasteiger partial charge in [-0.2, -0.15) is 5.10 Å². The molecule has 1 aromatic rings. The van der Waals surface area contributed by atoms with Gasteiger partial charge >= 0.3 is 0 Å². The van der Waals surface area contributed by atoms with Crippen molar-refractivity contribution in [2.75, 3.05) is 13.1 Å². The molecule has 5 nitrogen and oxygen atoms in total. The van der Waals surface area contributed by atoms with Crippen LogP contribution in [0.1, 0.15) is 31.0 Å². The molecule has 1 atom stereocenters. The van der Waals surface area contributed by atoms with Crippen molar-refractivity contribution in [3.05, 3.63) is 18.0 Å². The maximum absolute atomic E-state index is 12.7. The summed E-state index contributed by atoms with van der Waals surface area (Å²) in [7, 11) is 0. The number of amides is 1. The van der Waals surface area contributed by atoms with E-state index in [-0.39, 0.29) is 24.8 Å². The minimum absolute atomic E-state index is 0.205. The third kappa shape index (κ3) is 2.67. The smallest absolute Gasteiger partial charge is 0.249 e. The first kappa shape index (κ1) is 13.5. The van der Waals surface area contributed by atoms with Crippen LogP contribution >= 0.6 is 0 Å². The third-order valence-corrected chi connectivity index (χ3v) is 4.02. The minimum atomic E-state index is -2.64. The van der Waals surface area contributed by atoms with Crippen LogP contribution in [0, 0.1) is 5.92 Å². The maximum atomic E-state index is 12.7. The van der Waals surface area contributed by atoms with Gasteiger partial charge in [0.15, 0.2) is 0 Å². The fourth-order valence-corrected chi connectivity index (χ4v) is 2.84. The van der Waals surface area contributed by atoms with E-state index in [2.05, 4.69) is 15.7 Å². The van der Waals surface area contributed by atoms with Crippen molar-refractivity contribution < 1.29 is 13.6 Å². The molecular weight excluding hydrogens is 266 g/mol. The molecule has 1 amide bonds. The Kier molecular flexibility index (Phi) is 3.45. The fourth-order valence-electron chi connectivity index (χ4n) is 2.84. The molecule has 0 spiro atoms. The molecule has 0 unspecified atom stereocenters. The van der Waals surface area contributed by atoms with Crippen LogP contribution in [0.2, 0.25) is 0 Å². The molecular formula is C13H18F2N4O. The Morgan fingerprint density at radius 2 is 2.35 bits per heavy atom. The first-order valence-electron chi connectivity index (χ1n) is 6.94. The Labute approximate surface area is 115 Å². The quantitative estimate of drug-likeness (QED) is 0.870. The van der Waals surface area contributed by atoms with Gasteiger partial charge in [0.05, 0.1) is 11.7 Å². The highest BCUT2D eigenvalue weighted by Gasteiger charge is 2.48. The van der Waals surface area contributed by atoms with Crippen molar-refractivity contribution in [1.82, 2.24) is 20.4 Å². The van der Waals surface area contributed by atoms with Gasteiger partial charge in [0, 0.05) is 44.6 Å². The highest BCUT2D eigenvalue weighted by molar-refractivity contribution is 5.79. The van der Waals surface area contributed by atoms with Crippen LogP contribution in [0.5, 0.6) is 0 Å². The Hall–Kier alpha value is -1.50. The monoisotopic (exact) mass is 284 g/mol. The van der Waals surface area contributed by atoms with Crippen LogP contribution in [-0.4, -0.2) is 34.7 Å². The number of carbonyl (C=O) groups is 1. The SMILES string of the molecule is O=C(NCC[C@@H]1CNCc2ccnn21)C1CC(F)(F)C1. The molecule has 1 fully saturated rings. The summed E-state index contributed by atoms with van der Waals surface area (Å²) in [4.78, 5) is 11.7. The Morgan fingerprint density at radius 3 is 3.10 bits per heavy atom. The van der Waals surface area contributed by atoms with E-state index >= 15 is 0 Å². The maximum Gasteiger partial charge on any atom is 0.249 e. The van der Waals surface area contributed by atoms with Crippen LogP contribution < -0.4 is 10.6 Å². The molecule has 110 valence electrons. The number of halogens is 2. The summed E-state index contributed by atoms with van der Waals surface area (Å²) in [5, 5.41) is 10.3. The van der Waals surface area contributed by atoms with E-state index in [1.54, 1.807) is 6.20 Å². The second-order valence-electron chi connectivity index (χ2n) is 5.59. The van der Waals surface area contributed by atoms with Gasteiger partial charge in [-0.3, -0.25) is 9.48 Å². The number of nitrogens with one attached hydrogen (secondary N) is 2. The molecule has 20 heavy (non-hydrogen) atoms. The number of aromatic nitrogens is 2. The molecule has 0 aromatic carbocycles. The van der Waals surface area contributed by atoms with Crippen LogP contribution in [0.4, 0.5) is 8.78 Å². The molecule has 1 saturated carbocycles. The number of hydrogen-bond donors (Lipinski definition) is 2. The lowest BCUT2D eigenvalue weighted by Crippen LogP contribution is -2.45. The Balaban J connectivity index is 1.44. The summed E-state index contributed by atoms with van der Waals surface area (Å²) >= 11 is 0. The van der Waals surface area contributed by atoms with E-state index in [4.69, 9.17) is 0 Å². The molecule has 2 heterocycles. The normalized spacial score (nSPS) is 24.8. The first-order chi connectivity index (χ1) is 9.55. The summed E-state index contributed by atoms with van der Waals surface area (Å²) in [6.45, 7) is 2.11. The fraction of sp³-hybridized carbons (Fsp3) is 0.692. The highest BCUT2D eigenvalue weighted by atomic mass is 19.3. The second kappa shape index (κ2) is 5.12. The van der Waals surface area contributed by atoms with E-state index in [1.165, 1.54) is 0 Å². The minimum Gasteiger partial charge on any atom is -0.356 e. The van der Waals surface area contributed by atoms with E-state index in [9.17, 15) is 13.6 Å². The number of fused-ring (bicyclic) bond motifs is 1. The molecule has 1 aromatic heterocycles. The van der Waals surface area contributed by atoms with Crippen molar-refractivity contribution in [1.29, 1.82) is 0 Å². The van der Waals surface area contributed by atoms with E-state index < -0.39 is 11.8 Å². The van der Waals surface area contributed by atoms with Crippen molar-refractivity contribution in [2.45, 2.75) is 37.8 Å². The van der Waals surface area contributed by atoms with Gasteiger partial charge in [-0.25, -0.2) is 8.78 Å². The summed E-state index contributed by atoms with van der Waals surface area (Å²) in [6, 6.07) is 2.17. The second-order valence-corrected chi connectivity index (χ2v) is 5.59. The van der Waals surface area contributed by atoms with Gasteiger partial charge < -0.3 is 10.6 Å². The standard InChI is InChI=1S/C13H18F2N4O/c14-13(15)5-9(6-13)12(20)17-3-1-10-7-16-8-11-2-4-18-19(10)11/h2,4,9-10,16H,1,3,5-8H2,(H,17,20)/t10-/m1/s1. The zero-order valence-corrected chi connectivity index (χ0v) is 11.1. The van der Waals surface area contributed by atoms with Gasteiger partial charge in [-0.15, -0.1) is 0 Å². The zero-order chi connectivity index (χ0) is 14.2. The van der Waals surface area contributed by atoms with Crippen molar-refractivity contribution in [2.24, 2.45) is 5.92 Å². The van der Waals surface area contributed by atoms with Crippen molar-refractivity contribution >= 4 is 5.91 Å². The van der Waals surface area contributed by atoms with Crippen molar-refractivity contribution in [3.8, 4) is 0 Å². The van der Waals surface area contributed by atoms with Crippen molar-refractivity contribution in [3.63, 3.8) is 0 Å². The van der Waals surface area contributed by atoms with E-state index in [0.717, 1.165) is 25.2 Å². The summed E-state index contributed by atoms with van der Waals surface area (Å²) in [5.41, 5.74) is 1.13. The lowest BCUT2D eigenvalue weighted by atomic mass is 9.81. The molecule has 3 rings (SSSR count). The van der Waals surface area contributed by atoms with Gasteiger partial charge in [-0.05, 0) is 12.5 Å². The van der Waals surface area contributed by atoms with E-state index in [1.807, 2.05) is 10.7 Å². The number of rotatable bonds is 4. The molecule has 0 bridgehead atoms. The number of nitrogens with zero attached hydrogens (tertiary/aromatic N) is 2. The summed E-state index contributed by atoms with van der Waals surface area (Å²) in [6.07, 6.45) is 1.89. The van der Waals surface area contributed by atoms with Gasteiger partial charge in [0.1, 0.15) is 0 Å². The highest BCUT2D eigenvalue weighted by Crippen LogP contribution is 2.42. The third-order valence-electron chi connectivity index (χ3n) is 4.02. The zero-order valence-electron chi connectivity index (χ0n) is 11.1. The molecule has 2 N–H and O–H groups in total. The topological polar surface area (TPSA) is 59.0 Å². The molecule has 0 radical (unpaired) electrons. The van der Waals surface area contributed by atoms with Gasteiger partial charge in [-0.1, -0.05) is 0 Å². The average Bonchev–Trinajstić information content (AvgIpc) is 2.84. The van der Waals surface area contributed by atoms with E-state index in [0.29, 0.717) is 6.54 Å². The lowest BCUT2D eigenvalue weighted by molar-refractivity contribution is -0.150. The molecule has 2 aliphatic rings. The van der Waals surface area contributed by atoms with Crippen LogP contribution in [0.15, 0.2) is 12.3 Å². The first-order valence-corrected chi connectivity index (χ1v) is 6.94. The molecule has 1 aliphatic heterocycles. The average molecular weight is 284 g/mol. The number of alkyl halides is 2. The van der Waals surface area contributed by atoms with Gasteiger partial charge in [0.25, 0.3) is 0 Å². The summed E-state index contributed by atoms with van der Waals surface area (Å²) in [5.74, 6) is -3.41. The predicted molar refractivity (Wildman–Crippen MR) is 68.3 cm³/mol. The number of carbonyl (C=O) groups excluding carboxylic acids is 1. The van der Waals surface area contributed by atoms with Crippen LogP contribution in [-0.2, 0) is 11.3 Å². The van der Waals surface area contributed by atoms with Gasteiger partial charge in [0.2, 0.25) is 11.8 Å². The molecule has 0 saturated heterocycles. The Morgan fingerprint density at radius 1 is 1.55 bits per heavy atom.